The SMILES string of the molecule is COC(=O)c1cccc(C(=O)NC(=S)N2CCc3ccccc32)c1. The maximum absolute atomic E-state index is 12.4. The number of carbonyl (C=O) groups is 2. The van der Waals surface area contributed by atoms with Gasteiger partial charge in [-0.1, -0.05) is 24.3 Å². The number of para-hydroxylation sites is 1. The van der Waals surface area contributed by atoms with E-state index in [2.05, 4.69) is 16.1 Å². The number of ether oxygens (including phenoxy) is 1. The lowest BCUT2D eigenvalue weighted by Crippen LogP contribution is -2.42. The summed E-state index contributed by atoms with van der Waals surface area (Å²) in [7, 11) is 1.30. The lowest BCUT2D eigenvalue weighted by Gasteiger charge is -2.20. The second-order valence-electron chi connectivity index (χ2n) is 5.36. The summed E-state index contributed by atoms with van der Waals surface area (Å²) in [6.45, 7) is 0.737. The minimum Gasteiger partial charge on any atom is -0.465 e. The minimum atomic E-state index is -0.485. The summed E-state index contributed by atoms with van der Waals surface area (Å²) in [4.78, 5) is 25.9. The van der Waals surface area contributed by atoms with Gasteiger partial charge in [0, 0.05) is 17.8 Å². The van der Waals surface area contributed by atoms with Gasteiger partial charge in [0.15, 0.2) is 5.11 Å². The zero-order chi connectivity index (χ0) is 17.1. The van der Waals surface area contributed by atoms with E-state index in [1.165, 1.54) is 18.7 Å². The van der Waals surface area contributed by atoms with E-state index in [1.54, 1.807) is 18.2 Å². The fraction of sp³-hybridized carbons (Fsp3) is 0.167. The summed E-state index contributed by atoms with van der Waals surface area (Å²) in [6.07, 6.45) is 0.893. The average Bonchev–Trinajstić information content (AvgIpc) is 3.05. The number of nitrogens with one attached hydrogen (secondary N) is 1. The second kappa shape index (κ2) is 6.80. The predicted molar refractivity (Wildman–Crippen MR) is 95.3 cm³/mol. The van der Waals surface area contributed by atoms with Crippen LogP contribution in [-0.4, -0.2) is 30.6 Å². The van der Waals surface area contributed by atoms with Crippen molar-refractivity contribution in [2.45, 2.75) is 6.42 Å². The summed E-state index contributed by atoms with van der Waals surface area (Å²) < 4.78 is 4.67. The Morgan fingerprint density at radius 3 is 2.67 bits per heavy atom. The molecule has 0 radical (unpaired) electrons. The summed E-state index contributed by atoms with van der Waals surface area (Å²) in [5.74, 6) is -0.837. The number of hydrogen-bond donors (Lipinski definition) is 1. The zero-order valence-electron chi connectivity index (χ0n) is 13.1. The number of carbonyl (C=O) groups excluding carboxylic acids is 2. The zero-order valence-corrected chi connectivity index (χ0v) is 13.9. The molecule has 0 fully saturated rings. The van der Waals surface area contributed by atoms with Gasteiger partial charge in [-0.15, -0.1) is 0 Å². The van der Waals surface area contributed by atoms with Gasteiger partial charge in [-0.2, -0.15) is 0 Å². The van der Waals surface area contributed by atoms with Gasteiger partial charge in [0.05, 0.1) is 12.7 Å². The molecule has 3 rings (SSSR count). The molecule has 0 bridgehead atoms. The van der Waals surface area contributed by atoms with E-state index in [9.17, 15) is 9.59 Å². The molecule has 1 aliphatic rings. The average molecular weight is 340 g/mol. The first-order valence-corrected chi connectivity index (χ1v) is 7.90. The molecule has 0 unspecified atom stereocenters. The van der Waals surface area contributed by atoms with Gasteiger partial charge >= 0.3 is 5.97 Å². The Hall–Kier alpha value is -2.73. The first-order chi connectivity index (χ1) is 11.6. The van der Waals surface area contributed by atoms with E-state index >= 15 is 0 Å². The Morgan fingerprint density at radius 1 is 1.12 bits per heavy atom. The van der Waals surface area contributed by atoms with E-state index in [0.717, 1.165) is 18.7 Å². The molecule has 0 saturated heterocycles. The van der Waals surface area contributed by atoms with Gasteiger partial charge in [0.1, 0.15) is 0 Å². The van der Waals surface area contributed by atoms with Crippen LogP contribution in [0.2, 0.25) is 0 Å². The highest BCUT2D eigenvalue weighted by Crippen LogP contribution is 2.27. The molecule has 0 aliphatic carbocycles. The van der Waals surface area contributed by atoms with Gasteiger partial charge in [-0.05, 0) is 48.5 Å². The third-order valence-electron chi connectivity index (χ3n) is 3.90. The summed E-state index contributed by atoms with van der Waals surface area (Å²) in [5, 5.41) is 3.08. The second-order valence-corrected chi connectivity index (χ2v) is 5.75. The number of amides is 1. The van der Waals surface area contributed by atoms with Crippen LogP contribution in [0.25, 0.3) is 0 Å². The lowest BCUT2D eigenvalue weighted by atomic mass is 10.1. The first kappa shape index (κ1) is 16.1. The molecular weight excluding hydrogens is 324 g/mol. The molecule has 5 nitrogen and oxygen atoms in total. The number of hydrogen-bond acceptors (Lipinski definition) is 4. The number of methoxy groups -OCH3 is 1. The molecule has 1 aliphatic heterocycles. The number of rotatable bonds is 2. The number of thiocarbonyl (C=S) groups is 1. The monoisotopic (exact) mass is 340 g/mol. The molecule has 2 aromatic carbocycles. The number of fused-ring (bicyclic) bond motifs is 1. The Kier molecular flexibility index (Phi) is 4.57. The molecule has 1 amide bonds. The van der Waals surface area contributed by atoms with Crippen LogP contribution in [0.15, 0.2) is 48.5 Å². The van der Waals surface area contributed by atoms with Gasteiger partial charge in [-0.3, -0.25) is 10.1 Å². The standard InChI is InChI=1S/C18H16N2O3S/c1-23-17(22)14-7-4-6-13(11-14)16(21)19-18(24)20-10-9-12-5-2-3-8-15(12)20/h2-8,11H,9-10H2,1H3,(H,19,21,24). The third-order valence-corrected chi connectivity index (χ3v) is 4.22. The van der Waals surface area contributed by atoms with Crippen molar-refractivity contribution < 1.29 is 14.3 Å². The molecule has 24 heavy (non-hydrogen) atoms. The van der Waals surface area contributed by atoms with Crippen molar-refractivity contribution >= 4 is 34.9 Å². The van der Waals surface area contributed by atoms with Gasteiger partial charge < -0.3 is 9.64 Å². The first-order valence-electron chi connectivity index (χ1n) is 7.49. The summed E-state index contributed by atoms with van der Waals surface area (Å²) in [6, 6.07) is 14.3. The van der Waals surface area contributed by atoms with Crippen LogP contribution in [0, 0.1) is 0 Å². The Morgan fingerprint density at radius 2 is 1.88 bits per heavy atom. The highest BCUT2D eigenvalue weighted by Gasteiger charge is 2.23. The number of esters is 1. The van der Waals surface area contributed by atoms with Gasteiger partial charge in [0.25, 0.3) is 5.91 Å². The van der Waals surface area contributed by atoms with E-state index in [0.29, 0.717) is 16.2 Å². The van der Waals surface area contributed by atoms with Crippen molar-refractivity contribution in [1.29, 1.82) is 0 Å². The highest BCUT2D eigenvalue weighted by atomic mass is 32.1. The topological polar surface area (TPSA) is 58.6 Å². The number of benzene rings is 2. The Bertz CT molecular complexity index is 819. The maximum Gasteiger partial charge on any atom is 0.337 e. The molecular formula is C18H16N2O3S. The number of anilines is 1. The van der Waals surface area contributed by atoms with Crippen LogP contribution in [0.5, 0.6) is 0 Å². The van der Waals surface area contributed by atoms with Crippen LogP contribution in [-0.2, 0) is 11.2 Å². The molecule has 6 heteroatoms. The van der Waals surface area contributed by atoms with E-state index in [-0.39, 0.29) is 5.91 Å². The summed E-state index contributed by atoms with van der Waals surface area (Å²) in [5.41, 5.74) is 2.91. The minimum absolute atomic E-state index is 0.322. The lowest BCUT2D eigenvalue weighted by molar-refractivity contribution is 0.0600. The Labute approximate surface area is 145 Å². The fourth-order valence-corrected chi connectivity index (χ4v) is 2.97. The van der Waals surface area contributed by atoms with Crippen molar-refractivity contribution in [2.24, 2.45) is 0 Å². The van der Waals surface area contributed by atoms with Crippen molar-refractivity contribution in [3.8, 4) is 0 Å². The molecule has 1 N–H and O–H groups in total. The molecule has 0 atom stereocenters. The van der Waals surface area contributed by atoms with Crippen LogP contribution in [0.3, 0.4) is 0 Å². The maximum atomic E-state index is 12.4. The van der Waals surface area contributed by atoms with Gasteiger partial charge in [-0.25, -0.2) is 4.79 Å². The molecule has 0 aromatic heterocycles. The van der Waals surface area contributed by atoms with Crippen molar-refractivity contribution in [3.05, 3.63) is 65.2 Å². The molecule has 122 valence electrons. The van der Waals surface area contributed by atoms with Crippen LogP contribution in [0.1, 0.15) is 26.3 Å². The quantitative estimate of drug-likeness (QED) is 0.672. The highest BCUT2D eigenvalue weighted by molar-refractivity contribution is 7.80. The van der Waals surface area contributed by atoms with Crippen molar-refractivity contribution in [1.82, 2.24) is 5.32 Å². The van der Waals surface area contributed by atoms with Crippen LogP contribution < -0.4 is 10.2 Å². The fourth-order valence-electron chi connectivity index (χ4n) is 2.69. The third kappa shape index (κ3) is 3.14. The molecule has 1 heterocycles. The van der Waals surface area contributed by atoms with Crippen LogP contribution in [0.4, 0.5) is 5.69 Å². The summed E-state index contributed by atoms with van der Waals surface area (Å²) >= 11 is 5.38. The molecule has 0 spiro atoms. The van der Waals surface area contributed by atoms with Crippen molar-refractivity contribution in [2.75, 3.05) is 18.6 Å². The van der Waals surface area contributed by atoms with Crippen molar-refractivity contribution in [3.63, 3.8) is 0 Å². The molecule has 0 saturated carbocycles. The normalized spacial score (nSPS) is 12.5. The largest absolute Gasteiger partial charge is 0.465 e. The van der Waals surface area contributed by atoms with E-state index in [4.69, 9.17) is 12.2 Å². The predicted octanol–water partition coefficient (Wildman–Crippen LogP) is 2.55. The number of nitrogens with zero attached hydrogens (tertiary/aromatic N) is 1. The Balaban J connectivity index is 1.74. The van der Waals surface area contributed by atoms with Gasteiger partial charge in [0.2, 0.25) is 0 Å². The van der Waals surface area contributed by atoms with E-state index in [1.807, 2.05) is 23.1 Å². The van der Waals surface area contributed by atoms with E-state index < -0.39 is 5.97 Å². The molecule has 2 aromatic rings. The van der Waals surface area contributed by atoms with Crippen LogP contribution >= 0.6 is 12.2 Å². The smallest absolute Gasteiger partial charge is 0.337 e.